The number of unbranched alkanes of at least 4 members (excludes halogenated alkanes) is 19. The molecule has 0 aromatic carbocycles. The highest BCUT2D eigenvalue weighted by molar-refractivity contribution is 5.71. The first-order valence-corrected chi connectivity index (χ1v) is 29.7. The van der Waals surface area contributed by atoms with Crippen LogP contribution in [0.2, 0.25) is 0 Å². The van der Waals surface area contributed by atoms with E-state index in [0.29, 0.717) is 12.8 Å². The normalized spacial score (nSPS) is 13.1. The molecule has 0 aliphatic heterocycles. The Morgan fingerprint density at radius 3 is 0.849 bits per heavy atom. The molecule has 0 saturated heterocycles. The van der Waals surface area contributed by atoms with E-state index in [0.717, 1.165) is 148 Å². The third-order valence-electron chi connectivity index (χ3n) is 12.2. The third kappa shape index (κ3) is 58.3. The van der Waals surface area contributed by atoms with Gasteiger partial charge < -0.3 is 14.2 Å². The maximum absolute atomic E-state index is 12.8. The van der Waals surface area contributed by atoms with Crippen molar-refractivity contribution >= 4 is 17.9 Å². The Labute approximate surface area is 449 Å². The summed E-state index contributed by atoms with van der Waals surface area (Å²) in [6.45, 7) is 6.29. The highest BCUT2D eigenvalue weighted by Gasteiger charge is 2.19. The van der Waals surface area contributed by atoms with Crippen LogP contribution in [0.1, 0.15) is 252 Å². The predicted octanol–water partition coefficient (Wildman–Crippen LogP) is 20.2. The van der Waals surface area contributed by atoms with Crippen LogP contribution in [-0.4, -0.2) is 37.2 Å². The van der Waals surface area contributed by atoms with Gasteiger partial charge in [-0.15, -0.1) is 0 Å². The number of carbonyl (C=O) groups is 3. The van der Waals surface area contributed by atoms with Crippen molar-refractivity contribution < 1.29 is 28.6 Å². The second-order valence-electron chi connectivity index (χ2n) is 19.1. The van der Waals surface area contributed by atoms with Crippen LogP contribution in [0.5, 0.6) is 0 Å². The number of hydrogen-bond acceptors (Lipinski definition) is 6. The van der Waals surface area contributed by atoms with E-state index in [1.165, 1.54) is 64.2 Å². The molecule has 73 heavy (non-hydrogen) atoms. The summed E-state index contributed by atoms with van der Waals surface area (Å²) in [6.07, 6.45) is 85.0. The summed E-state index contributed by atoms with van der Waals surface area (Å²) in [6, 6.07) is 0. The molecule has 6 heteroatoms. The standard InChI is InChI=1S/C67H108O6/c1-4-7-10-13-15-17-19-21-23-25-27-28-29-30-31-32-33-34-35-36-37-38-40-41-43-45-47-49-51-54-57-60-66(69)72-63-64(62-71-65(68)59-56-53-12-9-6-3)73-67(70)61-58-55-52-50-48-46-44-42-39-26-24-22-20-18-16-14-11-8-5-2/h7-8,10-11,15-18,21-24,27-28,30-31,33-34,39,42,46,48,64H,4-6,9,12-14,19-20,25-26,29,32,35-38,40-41,43-45,47,49-63H2,1-3H3/b10-7-,11-8-,17-15-,18-16-,23-21-,24-22-,28-27-,31-30-,34-33-,42-39-,48-46-. The van der Waals surface area contributed by atoms with E-state index in [2.05, 4.69) is 154 Å². The average Bonchev–Trinajstić information content (AvgIpc) is 3.39. The van der Waals surface area contributed by atoms with Crippen molar-refractivity contribution in [3.05, 3.63) is 134 Å². The zero-order valence-electron chi connectivity index (χ0n) is 47.1. The molecule has 0 heterocycles. The van der Waals surface area contributed by atoms with Crippen molar-refractivity contribution in [2.75, 3.05) is 13.2 Å². The van der Waals surface area contributed by atoms with Crippen LogP contribution >= 0.6 is 0 Å². The summed E-state index contributed by atoms with van der Waals surface area (Å²) in [5, 5.41) is 0. The van der Waals surface area contributed by atoms with Gasteiger partial charge >= 0.3 is 17.9 Å². The lowest BCUT2D eigenvalue weighted by atomic mass is 10.0. The molecule has 0 N–H and O–H groups in total. The van der Waals surface area contributed by atoms with Crippen LogP contribution in [0, 0.1) is 0 Å². The highest BCUT2D eigenvalue weighted by atomic mass is 16.6. The number of carbonyl (C=O) groups excluding carboxylic acids is 3. The number of rotatable bonds is 52. The van der Waals surface area contributed by atoms with Gasteiger partial charge in [0.2, 0.25) is 0 Å². The lowest BCUT2D eigenvalue weighted by Gasteiger charge is -2.18. The molecule has 0 fully saturated rings. The van der Waals surface area contributed by atoms with Crippen molar-refractivity contribution in [1.82, 2.24) is 0 Å². The molecule has 0 aromatic rings. The first-order valence-electron chi connectivity index (χ1n) is 29.7. The smallest absolute Gasteiger partial charge is 0.306 e. The van der Waals surface area contributed by atoms with Gasteiger partial charge in [-0.1, -0.05) is 251 Å². The summed E-state index contributed by atoms with van der Waals surface area (Å²) in [7, 11) is 0. The van der Waals surface area contributed by atoms with Gasteiger partial charge in [-0.3, -0.25) is 14.4 Å². The molecule has 0 rings (SSSR count). The van der Waals surface area contributed by atoms with Crippen molar-refractivity contribution in [2.24, 2.45) is 0 Å². The molecular formula is C67H108O6. The molecular weight excluding hydrogens is 901 g/mol. The zero-order chi connectivity index (χ0) is 52.9. The quantitative estimate of drug-likeness (QED) is 0.0261. The van der Waals surface area contributed by atoms with Crippen LogP contribution in [0.3, 0.4) is 0 Å². The summed E-state index contributed by atoms with van der Waals surface area (Å²) < 4.78 is 16.7. The second-order valence-corrected chi connectivity index (χ2v) is 19.1. The lowest BCUT2D eigenvalue weighted by Crippen LogP contribution is -2.30. The van der Waals surface area contributed by atoms with E-state index in [4.69, 9.17) is 14.2 Å². The van der Waals surface area contributed by atoms with Gasteiger partial charge in [0.25, 0.3) is 0 Å². The van der Waals surface area contributed by atoms with Gasteiger partial charge in [-0.2, -0.15) is 0 Å². The Balaban J connectivity index is 4.11. The Morgan fingerprint density at radius 1 is 0.288 bits per heavy atom. The molecule has 412 valence electrons. The minimum absolute atomic E-state index is 0.0953. The first-order chi connectivity index (χ1) is 36.0. The average molecular weight is 1010 g/mol. The number of ether oxygens (including phenoxy) is 3. The molecule has 0 aromatic heterocycles. The molecule has 0 spiro atoms. The fraction of sp³-hybridized carbons (Fsp3) is 0.627. The molecule has 1 atom stereocenters. The Hall–Kier alpha value is -4.45. The van der Waals surface area contributed by atoms with Gasteiger partial charge in [0.05, 0.1) is 0 Å². The molecule has 0 bridgehead atoms. The topological polar surface area (TPSA) is 78.9 Å². The summed E-state index contributed by atoms with van der Waals surface area (Å²) in [4.78, 5) is 37.8. The van der Waals surface area contributed by atoms with Crippen LogP contribution in [0.15, 0.2) is 134 Å². The number of allylic oxidation sites excluding steroid dienone is 22. The van der Waals surface area contributed by atoms with Crippen LogP contribution in [-0.2, 0) is 28.6 Å². The Morgan fingerprint density at radius 2 is 0.534 bits per heavy atom. The van der Waals surface area contributed by atoms with Gasteiger partial charge in [-0.25, -0.2) is 0 Å². The van der Waals surface area contributed by atoms with E-state index in [1.54, 1.807) is 0 Å². The monoisotopic (exact) mass is 1010 g/mol. The molecule has 0 aliphatic carbocycles. The van der Waals surface area contributed by atoms with Crippen molar-refractivity contribution in [1.29, 1.82) is 0 Å². The van der Waals surface area contributed by atoms with E-state index in [9.17, 15) is 14.4 Å². The van der Waals surface area contributed by atoms with Gasteiger partial charge in [-0.05, 0) is 116 Å². The fourth-order valence-electron chi connectivity index (χ4n) is 7.77. The Bertz CT molecular complexity index is 1580. The minimum atomic E-state index is -0.796. The fourth-order valence-corrected chi connectivity index (χ4v) is 7.77. The lowest BCUT2D eigenvalue weighted by molar-refractivity contribution is -0.167. The van der Waals surface area contributed by atoms with Gasteiger partial charge in [0, 0.05) is 19.3 Å². The zero-order valence-corrected chi connectivity index (χ0v) is 47.1. The molecule has 0 radical (unpaired) electrons. The summed E-state index contributed by atoms with van der Waals surface area (Å²) >= 11 is 0. The van der Waals surface area contributed by atoms with E-state index in [1.807, 2.05) is 0 Å². The minimum Gasteiger partial charge on any atom is -0.462 e. The number of hydrogen-bond donors (Lipinski definition) is 0. The number of esters is 3. The molecule has 6 nitrogen and oxygen atoms in total. The second kappa shape index (κ2) is 60.1. The van der Waals surface area contributed by atoms with E-state index >= 15 is 0 Å². The summed E-state index contributed by atoms with van der Waals surface area (Å²) in [5.74, 6) is -0.947. The van der Waals surface area contributed by atoms with Gasteiger partial charge in [0.15, 0.2) is 6.10 Å². The molecule has 0 saturated carbocycles. The molecule has 0 amide bonds. The maximum atomic E-state index is 12.8. The molecule has 0 aliphatic rings. The van der Waals surface area contributed by atoms with Crippen molar-refractivity contribution in [3.8, 4) is 0 Å². The van der Waals surface area contributed by atoms with Crippen LogP contribution < -0.4 is 0 Å². The highest BCUT2D eigenvalue weighted by Crippen LogP contribution is 2.15. The summed E-state index contributed by atoms with van der Waals surface area (Å²) in [5.41, 5.74) is 0. The third-order valence-corrected chi connectivity index (χ3v) is 12.2. The van der Waals surface area contributed by atoms with Crippen molar-refractivity contribution in [2.45, 2.75) is 258 Å². The van der Waals surface area contributed by atoms with Crippen LogP contribution in [0.25, 0.3) is 0 Å². The SMILES string of the molecule is CC/C=C\C/C=C\C/C=C\C/C=C\C/C=C\C/C=C\CCCCCCCCCCCCCCC(=O)OCC(COC(=O)CCCCCCC)OC(=O)CCCCC/C=C\C/C=C\C/C=C\C/C=C\C/C=C\CC. The van der Waals surface area contributed by atoms with E-state index < -0.39 is 6.10 Å². The Kier molecular flexibility index (Phi) is 56.4. The first kappa shape index (κ1) is 68.6. The van der Waals surface area contributed by atoms with Crippen LogP contribution in [0.4, 0.5) is 0 Å². The predicted molar refractivity (Wildman–Crippen MR) is 316 cm³/mol. The van der Waals surface area contributed by atoms with E-state index in [-0.39, 0.29) is 37.5 Å². The maximum Gasteiger partial charge on any atom is 0.306 e. The molecule has 1 unspecified atom stereocenters. The van der Waals surface area contributed by atoms with Crippen molar-refractivity contribution in [3.63, 3.8) is 0 Å². The van der Waals surface area contributed by atoms with Gasteiger partial charge in [0.1, 0.15) is 13.2 Å². The largest absolute Gasteiger partial charge is 0.462 e.